The van der Waals surface area contributed by atoms with Gasteiger partial charge in [0.1, 0.15) is 16.0 Å². The van der Waals surface area contributed by atoms with Crippen molar-refractivity contribution < 1.29 is 37.4 Å². The molecule has 1 heterocycles. The van der Waals surface area contributed by atoms with Gasteiger partial charge in [0.15, 0.2) is 0 Å². The van der Waals surface area contributed by atoms with Crippen LogP contribution in [0.5, 0.6) is 0 Å². The minimum absolute atomic E-state index is 0.00273. The van der Waals surface area contributed by atoms with Crippen LogP contribution in [0.25, 0.3) is 0 Å². The Morgan fingerprint density at radius 1 is 1.18 bits per heavy atom. The van der Waals surface area contributed by atoms with Gasteiger partial charge in [-0.25, -0.2) is 9.00 Å². The van der Waals surface area contributed by atoms with E-state index in [1.807, 2.05) is 6.07 Å². The Hall–Kier alpha value is -2.93. The van der Waals surface area contributed by atoms with E-state index in [9.17, 15) is 23.4 Å². The third-order valence-corrected chi connectivity index (χ3v) is 6.57. The first-order chi connectivity index (χ1) is 15.5. The first kappa shape index (κ1) is 26.3. The highest BCUT2D eigenvalue weighted by Gasteiger charge is 2.34. The molecule has 2 amide bonds. The summed E-state index contributed by atoms with van der Waals surface area (Å²) in [6, 6.07) is 8.91. The Morgan fingerprint density at radius 2 is 1.76 bits per heavy atom. The summed E-state index contributed by atoms with van der Waals surface area (Å²) in [4.78, 5) is 49.2. The molecule has 1 aliphatic heterocycles. The number of hydrogen-bond acceptors (Lipinski definition) is 9. The molecule has 1 aliphatic rings. The quantitative estimate of drug-likeness (QED) is 0.575. The molecule has 1 aromatic rings. The molecular formula is C20H28BN3O8S. The molecule has 2 rings (SSSR count). The lowest BCUT2D eigenvalue weighted by Crippen LogP contribution is -2.43. The van der Waals surface area contributed by atoms with Crippen LogP contribution in [-0.4, -0.2) is 66.1 Å². The monoisotopic (exact) mass is 481 g/mol. The number of carbonyl (C=O) groups excluding carboxylic acids is 4. The smallest absolute Gasteiger partial charge is 0.498 e. The van der Waals surface area contributed by atoms with Crippen molar-refractivity contribution in [1.82, 2.24) is 9.62 Å². The van der Waals surface area contributed by atoms with E-state index < -0.39 is 53.0 Å². The van der Waals surface area contributed by atoms with Crippen LogP contribution < -0.4 is 4.72 Å². The standard InChI is InChI=1S/C20H28BN3O8S/c1-14(10-21-31-18(26)11-24(4)12-19(27)32-21)13-33(29,22-16(3)25)23-20(28)30-15(2)17-8-6-5-7-9-17/h5-9,14-15H,10-13H2,1-4H3,(H,22,23,25,28,29)/t14-,15-,33?/m0/s1. The molecule has 0 spiro atoms. The molecule has 0 radical (unpaired) electrons. The second-order valence-electron chi connectivity index (χ2n) is 7.92. The van der Waals surface area contributed by atoms with E-state index in [-0.39, 0.29) is 25.2 Å². The lowest BCUT2D eigenvalue weighted by molar-refractivity contribution is -0.145. The average molecular weight is 481 g/mol. The van der Waals surface area contributed by atoms with Crippen LogP contribution >= 0.6 is 0 Å². The average Bonchev–Trinajstić information content (AvgIpc) is 2.65. The summed E-state index contributed by atoms with van der Waals surface area (Å²) in [5, 5.41) is 0. The zero-order valence-electron chi connectivity index (χ0n) is 19.0. The summed E-state index contributed by atoms with van der Waals surface area (Å²) >= 11 is 0. The molecule has 1 N–H and O–H groups in total. The fourth-order valence-electron chi connectivity index (χ4n) is 3.18. The third kappa shape index (κ3) is 9.22. The Bertz CT molecular complexity index is 976. The molecule has 0 aliphatic carbocycles. The zero-order chi connectivity index (χ0) is 24.6. The van der Waals surface area contributed by atoms with Crippen LogP contribution in [0.15, 0.2) is 34.7 Å². The number of nitrogens with zero attached hydrogens (tertiary/aromatic N) is 2. The summed E-state index contributed by atoms with van der Waals surface area (Å²) < 4.78 is 34.6. The highest BCUT2D eigenvalue weighted by Crippen LogP contribution is 2.18. The van der Waals surface area contributed by atoms with Crippen molar-refractivity contribution >= 4 is 41.0 Å². The summed E-state index contributed by atoms with van der Waals surface area (Å²) in [5.41, 5.74) is 0.721. The molecular weight excluding hydrogens is 453 g/mol. The van der Waals surface area contributed by atoms with Crippen LogP contribution in [0.1, 0.15) is 32.4 Å². The molecule has 0 aromatic heterocycles. The molecule has 1 saturated heterocycles. The maximum absolute atomic E-state index is 13.2. The number of rotatable bonds is 7. The van der Waals surface area contributed by atoms with E-state index in [2.05, 4.69) is 9.08 Å². The molecule has 33 heavy (non-hydrogen) atoms. The van der Waals surface area contributed by atoms with E-state index in [1.54, 1.807) is 45.2 Å². The van der Waals surface area contributed by atoms with E-state index in [0.29, 0.717) is 0 Å². The predicted molar refractivity (Wildman–Crippen MR) is 120 cm³/mol. The Morgan fingerprint density at radius 3 is 2.30 bits per heavy atom. The van der Waals surface area contributed by atoms with Gasteiger partial charge in [0.05, 0.1) is 18.8 Å². The van der Waals surface area contributed by atoms with Gasteiger partial charge in [0.2, 0.25) is 5.91 Å². The highest BCUT2D eigenvalue weighted by molar-refractivity contribution is 7.92. The van der Waals surface area contributed by atoms with Crippen LogP contribution in [0.4, 0.5) is 4.79 Å². The second-order valence-corrected chi connectivity index (χ2v) is 9.92. The zero-order valence-corrected chi connectivity index (χ0v) is 19.8. The number of ether oxygens (including phenoxy) is 1. The molecule has 13 heteroatoms. The van der Waals surface area contributed by atoms with Crippen molar-refractivity contribution in [3.63, 3.8) is 0 Å². The van der Waals surface area contributed by atoms with Crippen LogP contribution in [0.3, 0.4) is 0 Å². The normalized spacial score (nSPS) is 18.5. The largest absolute Gasteiger partial charge is 0.598 e. The molecule has 11 nitrogen and oxygen atoms in total. The molecule has 0 saturated carbocycles. The third-order valence-electron chi connectivity index (χ3n) is 4.50. The number of likely N-dealkylation sites (N-methyl/N-ethyl adjacent to an activating group) is 1. The van der Waals surface area contributed by atoms with E-state index >= 15 is 0 Å². The Labute approximate surface area is 193 Å². The van der Waals surface area contributed by atoms with Crippen LogP contribution in [-0.2, 0) is 38.3 Å². The molecule has 1 unspecified atom stereocenters. The number of benzene rings is 1. The lowest BCUT2D eigenvalue weighted by Gasteiger charge is -2.24. The van der Waals surface area contributed by atoms with Crippen molar-refractivity contribution in [3.05, 3.63) is 35.9 Å². The number of carbonyl (C=O) groups is 4. The number of hydrogen-bond donors (Lipinski definition) is 1. The van der Waals surface area contributed by atoms with Crippen molar-refractivity contribution in [1.29, 1.82) is 0 Å². The van der Waals surface area contributed by atoms with Gasteiger partial charge in [-0.15, -0.1) is 4.36 Å². The topological polar surface area (TPSA) is 141 Å². The summed E-state index contributed by atoms with van der Waals surface area (Å²) in [6.45, 7) is 4.27. The fourth-order valence-corrected chi connectivity index (χ4v) is 5.02. The van der Waals surface area contributed by atoms with Gasteiger partial charge in [-0.3, -0.25) is 24.0 Å². The van der Waals surface area contributed by atoms with Crippen molar-refractivity contribution in [2.45, 2.75) is 33.2 Å². The SMILES string of the molecule is CC(=O)NS(=O)(C[C@@H](C)CB1OC(=O)CN(C)CC(=O)O1)=NC(=O)O[C@@H](C)c1ccccc1. The molecule has 180 valence electrons. The second kappa shape index (κ2) is 11.8. The van der Waals surface area contributed by atoms with Crippen molar-refractivity contribution in [2.75, 3.05) is 25.9 Å². The van der Waals surface area contributed by atoms with Gasteiger partial charge in [-0.05, 0) is 25.5 Å². The van der Waals surface area contributed by atoms with Crippen molar-refractivity contribution in [2.24, 2.45) is 10.3 Å². The summed E-state index contributed by atoms with van der Waals surface area (Å²) in [7, 11) is -3.16. The fraction of sp³-hybridized carbons (Fsp3) is 0.500. The van der Waals surface area contributed by atoms with Crippen molar-refractivity contribution in [3.8, 4) is 0 Å². The van der Waals surface area contributed by atoms with Crippen LogP contribution in [0.2, 0.25) is 6.32 Å². The van der Waals surface area contributed by atoms with Gasteiger partial charge in [-0.1, -0.05) is 37.3 Å². The first-order valence-electron chi connectivity index (χ1n) is 10.3. The van der Waals surface area contributed by atoms with E-state index in [1.165, 1.54) is 4.90 Å². The summed E-state index contributed by atoms with van der Waals surface area (Å²) in [5.74, 6) is -2.57. The first-order valence-corrected chi connectivity index (χ1v) is 12.0. The van der Waals surface area contributed by atoms with Gasteiger partial charge in [-0.2, -0.15) is 0 Å². The Balaban J connectivity index is 2.10. The number of nitrogens with one attached hydrogen (secondary N) is 1. The lowest BCUT2D eigenvalue weighted by atomic mass is 9.78. The van der Waals surface area contributed by atoms with E-state index in [4.69, 9.17) is 14.0 Å². The number of amides is 2. The minimum atomic E-state index is -3.56. The maximum Gasteiger partial charge on any atom is 0.598 e. The minimum Gasteiger partial charge on any atom is -0.498 e. The molecule has 0 bridgehead atoms. The van der Waals surface area contributed by atoms with Gasteiger partial charge in [0.25, 0.3) is 0 Å². The van der Waals surface area contributed by atoms with Gasteiger partial charge >= 0.3 is 25.2 Å². The van der Waals surface area contributed by atoms with Crippen LogP contribution in [0, 0.1) is 5.92 Å². The molecule has 3 atom stereocenters. The molecule has 1 aromatic carbocycles. The Kier molecular flexibility index (Phi) is 9.41. The van der Waals surface area contributed by atoms with Gasteiger partial charge in [0, 0.05) is 13.2 Å². The predicted octanol–water partition coefficient (Wildman–Crippen LogP) is 1.56. The van der Waals surface area contributed by atoms with E-state index in [0.717, 1.165) is 12.5 Å². The van der Waals surface area contributed by atoms with Gasteiger partial charge < -0.3 is 14.0 Å². The highest BCUT2D eigenvalue weighted by atomic mass is 32.2. The molecule has 1 fully saturated rings. The summed E-state index contributed by atoms with van der Waals surface area (Å²) in [6.07, 6.45) is -1.74. The maximum atomic E-state index is 13.2.